The summed E-state index contributed by atoms with van der Waals surface area (Å²) in [4.78, 5) is 23.5. The van der Waals surface area contributed by atoms with Crippen molar-refractivity contribution in [1.82, 2.24) is 0 Å². The van der Waals surface area contributed by atoms with Crippen LogP contribution >= 0.6 is 25.3 Å². The van der Waals surface area contributed by atoms with Crippen molar-refractivity contribution in [1.29, 1.82) is 0 Å². The first-order valence-electron chi connectivity index (χ1n) is 8.77. The molecular weight excluding hydrogens is 344 g/mol. The van der Waals surface area contributed by atoms with Gasteiger partial charge in [-0.3, -0.25) is 9.59 Å². The predicted molar refractivity (Wildman–Crippen MR) is 103 cm³/mol. The summed E-state index contributed by atoms with van der Waals surface area (Å²) >= 11 is 8.15. The lowest BCUT2D eigenvalue weighted by Gasteiger charge is -2.43. The maximum Gasteiger partial charge on any atom is 0.307 e. The minimum absolute atomic E-state index is 0.182. The second-order valence-electron chi connectivity index (χ2n) is 7.65. The molecule has 1 saturated carbocycles. The maximum absolute atomic E-state index is 11.8. The molecule has 1 aliphatic rings. The van der Waals surface area contributed by atoms with Gasteiger partial charge >= 0.3 is 11.9 Å². The van der Waals surface area contributed by atoms with E-state index in [0.29, 0.717) is 36.2 Å². The van der Waals surface area contributed by atoms with Gasteiger partial charge in [-0.05, 0) is 65.2 Å². The van der Waals surface area contributed by atoms with Crippen LogP contribution in [0.1, 0.15) is 66.2 Å². The summed E-state index contributed by atoms with van der Waals surface area (Å²) in [7, 11) is 0. The van der Waals surface area contributed by atoms with E-state index >= 15 is 0 Å². The molecule has 0 aliphatic heterocycles. The van der Waals surface area contributed by atoms with Crippen molar-refractivity contribution in [2.75, 3.05) is 11.5 Å². The third-order valence-electron chi connectivity index (χ3n) is 5.08. The number of thiol groups is 2. The molecule has 24 heavy (non-hydrogen) atoms. The van der Waals surface area contributed by atoms with Gasteiger partial charge in [-0.1, -0.05) is 0 Å². The zero-order valence-corrected chi connectivity index (χ0v) is 17.1. The van der Waals surface area contributed by atoms with Crippen LogP contribution in [0.3, 0.4) is 0 Å². The van der Waals surface area contributed by atoms with E-state index < -0.39 is 11.2 Å². The van der Waals surface area contributed by atoms with Crippen LogP contribution in [0.2, 0.25) is 0 Å². The number of hydrogen-bond acceptors (Lipinski definition) is 6. The average molecular weight is 377 g/mol. The lowest BCUT2D eigenvalue weighted by Crippen LogP contribution is -2.43. The number of carbonyl (C=O) groups excluding carboxylic acids is 2. The fourth-order valence-corrected chi connectivity index (χ4v) is 3.89. The molecule has 0 radical (unpaired) electrons. The quantitative estimate of drug-likeness (QED) is 0.495. The minimum atomic E-state index is -0.460. The summed E-state index contributed by atoms with van der Waals surface area (Å²) in [6.07, 6.45) is 4.57. The van der Waals surface area contributed by atoms with Gasteiger partial charge in [0.1, 0.15) is 11.2 Å². The van der Waals surface area contributed by atoms with Gasteiger partial charge in [-0.2, -0.15) is 25.3 Å². The Morgan fingerprint density at radius 3 is 1.33 bits per heavy atom. The minimum Gasteiger partial charge on any atom is -0.459 e. The molecule has 0 spiro atoms. The lowest BCUT2D eigenvalue weighted by atomic mass is 9.70. The Balaban J connectivity index is 2.55. The Bertz CT molecular complexity index is 387. The normalized spacial score (nSPS) is 22.1. The third kappa shape index (κ3) is 6.51. The van der Waals surface area contributed by atoms with E-state index in [2.05, 4.69) is 25.3 Å². The van der Waals surface area contributed by atoms with Gasteiger partial charge < -0.3 is 9.47 Å². The molecule has 0 saturated heterocycles. The Labute approximate surface area is 157 Å². The Morgan fingerprint density at radius 1 is 0.792 bits per heavy atom. The van der Waals surface area contributed by atoms with E-state index in [9.17, 15) is 9.59 Å². The van der Waals surface area contributed by atoms with Crippen molar-refractivity contribution in [2.45, 2.75) is 77.4 Å². The molecule has 0 heterocycles. The number of esters is 2. The van der Waals surface area contributed by atoms with Crippen LogP contribution in [-0.4, -0.2) is 34.6 Å². The number of rotatable bonds is 8. The molecule has 1 aliphatic carbocycles. The fraction of sp³-hybridized carbons (Fsp3) is 0.889. The molecule has 140 valence electrons. The van der Waals surface area contributed by atoms with Crippen molar-refractivity contribution in [3.8, 4) is 0 Å². The van der Waals surface area contributed by atoms with Crippen LogP contribution in [0.15, 0.2) is 0 Å². The van der Waals surface area contributed by atoms with Gasteiger partial charge in [-0.15, -0.1) is 0 Å². The predicted octanol–water partition coefficient (Wildman–Crippen LogP) is 4.08. The molecule has 0 N–H and O–H groups in total. The lowest BCUT2D eigenvalue weighted by molar-refractivity contribution is -0.169. The van der Waals surface area contributed by atoms with Crippen LogP contribution in [0.25, 0.3) is 0 Å². The van der Waals surface area contributed by atoms with Crippen molar-refractivity contribution < 1.29 is 19.1 Å². The van der Waals surface area contributed by atoms with E-state index in [1.807, 2.05) is 27.7 Å². The highest BCUT2D eigenvalue weighted by Crippen LogP contribution is 2.42. The average Bonchev–Trinajstić information content (AvgIpc) is 2.46. The van der Waals surface area contributed by atoms with Crippen molar-refractivity contribution in [2.24, 2.45) is 11.8 Å². The van der Waals surface area contributed by atoms with E-state index in [4.69, 9.17) is 9.47 Å². The van der Waals surface area contributed by atoms with Crippen molar-refractivity contribution in [3.63, 3.8) is 0 Å². The van der Waals surface area contributed by atoms with Gasteiger partial charge in [0.15, 0.2) is 0 Å². The first-order valence-corrected chi connectivity index (χ1v) is 10.0. The van der Waals surface area contributed by atoms with Gasteiger partial charge in [0.05, 0.1) is 12.8 Å². The standard InChI is InChI=1S/C18H32O4S2/c1-17(2,21-15(19)9-11-23)13-5-7-14(8-6-13)18(3,4)22-16(20)10-12-24/h13-14,23-24H,5-12H2,1-4H3. The van der Waals surface area contributed by atoms with E-state index in [1.165, 1.54) is 0 Å². The molecule has 0 unspecified atom stereocenters. The molecule has 0 aromatic rings. The van der Waals surface area contributed by atoms with Crippen molar-refractivity contribution >= 4 is 37.2 Å². The number of carbonyl (C=O) groups is 2. The molecule has 4 nitrogen and oxygen atoms in total. The molecule has 0 amide bonds. The Kier molecular flexibility index (Phi) is 8.46. The first-order chi connectivity index (χ1) is 11.1. The zero-order valence-electron chi connectivity index (χ0n) is 15.3. The Morgan fingerprint density at radius 2 is 1.08 bits per heavy atom. The molecule has 0 bridgehead atoms. The Hall–Kier alpha value is -0.360. The van der Waals surface area contributed by atoms with Gasteiger partial charge in [0.25, 0.3) is 0 Å². The molecule has 0 atom stereocenters. The van der Waals surface area contributed by atoms with Gasteiger partial charge in [-0.25, -0.2) is 0 Å². The summed E-state index contributed by atoms with van der Waals surface area (Å²) in [6, 6.07) is 0. The second-order valence-corrected chi connectivity index (χ2v) is 8.55. The summed E-state index contributed by atoms with van der Waals surface area (Å²) in [5, 5.41) is 0. The van der Waals surface area contributed by atoms with Crippen LogP contribution in [-0.2, 0) is 19.1 Å². The first kappa shape index (κ1) is 21.7. The van der Waals surface area contributed by atoms with E-state index in [1.54, 1.807) is 0 Å². The van der Waals surface area contributed by atoms with E-state index in [0.717, 1.165) is 25.7 Å². The highest BCUT2D eigenvalue weighted by Gasteiger charge is 2.41. The number of hydrogen-bond donors (Lipinski definition) is 2. The summed E-state index contributed by atoms with van der Waals surface area (Å²) < 4.78 is 11.3. The van der Waals surface area contributed by atoms with Crippen LogP contribution in [0.4, 0.5) is 0 Å². The highest BCUT2D eigenvalue weighted by atomic mass is 32.1. The van der Waals surface area contributed by atoms with Gasteiger partial charge in [0, 0.05) is 11.5 Å². The highest BCUT2D eigenvalue weighted by molar-refractivity contribution is 7.80. The maximum atomic E-state index is 11.8. The molecule has 1 fully saturated rings. The van der Waals surface area contributed by atoms with Gasteiger partial charge in [0.2, 0.25) is 0 Å². The van der Waals surface area contributed by atoms with Crippen LogP contribution in [0, 0.1) is 11.8 Å². The SMILES string of the molecule is CC(C)(OC(=O)CCS)C1CCC(C(C)(C)OC(=O)CCS)CC1. The topological polar surface area (TPSA) is 52.6 Å². The second kappa shape index (κ2) is 9.37. The fourth-order valence-electron chi connectivity index (χ4n) is 3.52. The monoisotopic (exact) mass is 376 g/mol. The third-order valence-corrected chi connectivity index (χ3v) is 5.53. The zero-order chi connectivity index (χ0) is 18.4. The molecule has 0 aromatic carbocycles. The summed E-state index contributed by atoms with van der Waals surface area (Å²) in [5.41, 5.74) is -0.921. The summed E-state index contributed by atoms with van der Waals surface area (Å²) in [6.45, 7) is 7.97. The van der Waals surface area contributed by atoms with Crippen molar-refractivity contribution in [3.05, 3.63) is 0 Å². The summed E-state index contributed by atoms with van der Waals surface area (Å²) in [5.74, 6) is 1.32. The molecule has 0 aromatic heterocycles. The number of ether oxygens (including phenoxy) is 2. The van der Waals surface area contributed by atoms with Crippen LogP contribution < -0.4 is 0 Å². The molecular formula is C18H32O4S2. The largest absolute Gasteiger partial charge is 0.459 e. The molecule has 1 rings (SSSR count). The molecule has 6 heteroatoms. The smallest absolute Gasteiger partial charge is 0.307 e. The van der Waals surface area contributed by atoms with E-state index in [-0.39, 0.29) is 11.9 Å². The van der Waals surface area contributed by atoms with Crippen LogP contribution in [0.5, 0.6) is 0 Å².